The average Bonchev–Trinajstić information content (AvgIpc) is 2.84. The van der Waals surface area contributed by atoms with Crippen molar-refractivity contribution in [1.29, 1.82) is 0 Å². The smallest absolute Gasteiger partial charge is 0.223 e. The van der Waals surface area contributed by atoms with E-state index in [4.69, 9.17) is 0 Å². The standard InChI is InChI=1S/C18H26N2O/c1-18(2)10-4-9-15(18)17(21)20-12-14-7-3-6-13-8-5-11-19-16(13)14/h3,6-7,15,19H,4-5,8-12H2,1-2H3,(H,20,21). The molecule has 1 aromatic rings. The second-order valence-corrected chi connectivity index (χ2v) is 7.13. The van der Waals surface area contributed by atoms with Crippen LogP contribution in [-0.4, -0.2) is 12.5 Å². The van der Waals surface area contributed by atoms with Gasteiger partial charge in [0.05, 0.1) is 0 Å². The third kappa shape index (κ3) is 2.92. The highest BCUT2D eigenvalue weighted by Gasteiger charge is 2.39. The van der Waals surface area contributed by atoms with E-state index in [2.05, 4.69) is 42.7 Å². The van der Waals surface area contributed by atoms with Gasteiger partial charge in [-0.3, -0.25) is 4.79 Å². The molecular formula is C18H26N2O. The van der Waals surface area contributed by atoms with Crippen LogP contribution in [0.1, 0.15) is 50.7 Å². The van der Waals surface area contributed by atoms with Crippen molar-refractivity contribution >= 4 is 11.6 Å². The summed E-state index contributed by atoms with van der Waals surface area (Å²) >= 11 is 0. The van der Waals surface area contributed by atoms with Crippen molar-refractivity contribution in [2.75, 3.05) is 11.9 Å². The number of hydrogen-bond acceptors (Lipinski definition) is 2. The lowest BCUT2D eigenvalue weighted by atomic mass is 9.81. The van der Waals surface area contributed by atoms with Crippen molar-refractivity contribution in [2.24, 2.45) is 11.3 Å². The molecule has 1 aliphatic carbocycles. The first-order valence-corrected chi connectivity index (χ1v) is 8.20. The number of anilines is 1. The van der Waals surface area contributed by atoms with Crippen LogP contribution in [0.25, 0.3) is 0 Å². The maximum absolute atomic E-state index is 12.5. The zero-order chi connectivity index (χ0) is 14.9. The van der Waals surface area contributed by atoms with Crippen LogP contribution in [-0.2, 0) is 17.8 Å². The molecule has 0 radical (unpaired) electrons. The molecule has 1 aromatic carbocycles. The zero-order valence-corrected chi connectivity index (χ0v) is 13.2. The molecule has 21 heavy (non-hydrogen) atoms. The predicted molar refractivity (Wildman–Crippen MR) is 86.2 cm³/mol. The molecule has 0 spiro atoms. The molecule has 1 fully saturated rings. The van der Waals surface area contributed by atoms with E-state index in [-0.39, 0.29) is 17.2 Å². The summed E-state index contributed by atoms with van der Waals surface area (Å²) < 4.78 is 0. The van der Waals surface area contributed by atoms with Crippen molar-refractivity contribution in [3.63, 3.8) is 0 Å². The molecule has 1 heterocycles. The van der Waals surface area contributed by atoms with Crippen LogP contribution in [0.15, 0.2) is 18.2 Å². The van der Waals surface area contributed by atoms with E-state index in [0.29, 0.717) is 6.54 Å². The number of para-hydroxylation sites is 1. The van der Waals surface area contributed by atoms with Gasteiger partial charge in [-0.2, -0.15) is 0 Å². The van der Waals surface area contributed by atoms with Crippen LogP contribution in [0.4, 0.5) is 5.69 Å². The van der Waals surface area contributed by atoms with Crippen LogP contribution in [0, 0.1) is 11.3 Å². The first-order valence-electron chi connectivity index (χ1n) is 8.20. The Morgan fingerprint density at radius 1 is 1.38 bits per heavy atom. The minimum absolute atomic E-state index is 0.151. The van der Waals surface area contributed by atoms with Gasteiger partial charge in [0.25, 0.3) is 0 Å². The minimum Gasteiger partial charge on any atom is -0.385 e. The van der Waals surface area contributed by atoms with Gasteiger partial charge in [-0.05, 0) is 42.2 Å². The summed E-state index contributed by atoms with van der Waals surface area (Å²) in [6.45, 7) is 6.11. The molecule has 1 unspecified atom stereocenters. The van der Waals surface area contributed by atoms with Crippen LogP contribution in [0.3, 0.4) is 0 Å². The quantitative estimate of drug-likeness (QED) is 0.893. The zero-order valence-electron chi connectivity index (χ0n) is 13.2. The minimum atomic E-state index is 0.151. The molecule has 3 rings (SSSR count). The monoisotopic (exact) mass is 286 g/mol. The lowest BCUT2D eigenvalue weighted by Gasteiger charge is -2.26. The van der Waals surface area contributed by atoms with Gasteiger partial charge in [0.15, 0.2) is 0 Å². The highest BCUT2D eigenvalue weighted by atomic mass is 16.1. The molecule has 3 heteroatoms. The second-order valence-electron chi connectivity index (χ2n) is 7.13. The molecule has 0 bridgehead atoms. The normalized spacial score (nSPS) is 23.2. The molecule has 1 aliphatic heterocycles. The summed E-state index contributed by atoms with van der Waals surface area (Å²) in [5.41, 5.74) is 4.00. The summed E-state index contributed by atoms with van der Waals surface area (Å²) in [5.74, 6) is 0.399. The molecule has 0 aromatic heterocycles. The van der Waals surface area contributed by atoms with Gasteiger partial charge in [-0.1, -0.05) is 38.5 Å². The van der Waals surface area contributed by atoms with Gasteiger partial charge in [0.2, 0.25) is 5.91 Å². The number of rotatable bonds is 3. The number of hydrogen-bond donors (Lipinski definition) is 2. The molecule has 1 atom stereocenters. The Hall–Kier alpha value is -1.51. The molecule has 3 nitrogen and oxygen atoms in total. The van der Waals surface area contributed by atoms with E-state index in [0.717, 1.165) is 25.8 Å². The van der Waals surface area contributed by atoms with E-state index in [1.165, 1.54) is 29.7 Å². The molecule has 1 amide bonds. The molecule has 0 saturated heterocycles. The molecule has 1 saturated carbocycles. The van der Waals surface area contributed by atoms with Crippen LogP contribution < -0.4 is 10.6 Å². The first-order chi connectivity index (χ1) is 10.1. The van der Waals surface area contributed by atoms with E-state index in [1.807, 2.05) is 0 Å². The maximum atomic E-state index is 12.5. The number of amides is 1. The third-order valence-corrected chi connectivity index (χ3v) is 5.19. The van der Waals surface area contributed by atoms with Crippen molar-refractivity contribution in [1.82, 2.24) is 5.32 Å². The summed E-state index contributed by atoms with van der Waals surface area (Å²) in [5, 5.41) is 6.66. The molecule has 2 N–H and O–H groups in total. The fourth-order valence-electron chi connectivity index (χ4n) is 3.85. The Balaban J connectivity index is 1.67. The Morgan fingerprint density at radius 3 is 3.00 bits per heavy atom. The number of aryl methyl sites for hydroxylation is 1. The predicted octanol–water partition coefficient (Wildman–Crippen LogP) is 3.49. The van der Waals surface area contributed by atoms with E-state index in [9.17, 15) is 4.79 Å². The number of carbonyl (C=O) groups is 1. The Labute approximate surface area is 127 Å². The summed E-state index contributed by atoms with van der Waals surface area (Å²) in [7, 11) is 0. The van der Waals surface area contributed by atoms with Crippen molar-refractivity contribution in [3.05, 3.63) is 29.3 Å². The van der Waals surface area contributed by atoms with Gasteiger partial charge < -0.3 is 10.6 Å². The maximum Gasteiger partial charge on any atom is 0.223 e. The van der Waals surface area contributed by atoms with Crippen molar-refractivity contribution in [3.8, 4) is 0 Å². The molecular weight excluding hydrogens is 260 g/mol. The first kappa shape index (κ1) is 14.4. The number of benzene rings is 1. The van der Waals surface area contributed by atoms with Crippen LogP contribution in [0.2, 0.25) is 0 Å². The lowest BCUT2D eigenvalue weighted by molar-refractivity contribution is -0.127. The van der Waals surface area contributed by atoms with Crippen molar-refractivity contribution < 1.29 is 4.79 Å². The van der Waals surface area contributed by atoms with Gasteiger partial charge >= 0.3 is 0 Å². The van der Waals surface area contributed by atoms with E-state index in [1.54, 1.807) is 0 Å². The average molecular weight is 286 g/mol. The van der Waals surface area contributed by atoms with Gasteiger partial charge in [0, 0.05) is 24.7 Å². The third-order valence-electron chi connectivity index (χ3n) is 5.19. The fraction of sp³-hybridized carbons (Fsp3) is 0.611. The highest BCUT2D eigenvalue weighted by molar-refractivity contribution is 5.80. The molecule has 114 valence electrons. The fourth-order valence-corrected chi connectivity index (χ4v) is 3.85. The largest absolute Gasteiger partial charge is 0.385 e. The molecule has 2 aliphatic rings. The highest BCUT2D eigenvalue weighted by Crippen LogP contribution is 2.42. The Bertz CT molecular complexity index is 536. The van der Waals surface area contributed by atoms with E-state index < -0.39 is 0 Å². The number of fused-ring (bicyclic) bond motifs is 1. The number of nitrogens with one attached hydrogen (secondary N) is 2. The lowest BCUT2D eigenvalue weighted by Crippen LogP contribution is -2.36. The van der Waals surface area contributed by atoms with Gasteiger partial charge in [-0.15, -0.1) is 0 Å². The summed E-state index contributed by atoms with van der Waals surface area (Å²) in [4.78, 5) is 12.5. The Kier molecular flexibility index (Phi) is 3.92. The second kappa shape index (κ2) is 5.70. The van der Waals surface area contributed by atoms with Crippen LogP contribution in [0.5, 0.6) is 0 Å². The summed E-state index contributed by atoms with van der Waals surface area (Å²) in [6, 6.07) is 6.41. The van der Waals surface area contributed by atoms with Gasteiger partial charge in [-0.25, -0.2) is 0 Å². The van der Waals surface area contributed by atoms with Crippen LogP contribution >= 0.6 is 0 Å². The SMILES string of the molecule is CC1(C)CCCC1C(=O)NCc1cccc2c1NCCC2. The Morgan fingerprint density at radius 2 is 2.24 bits per heavy atom. The number of carbonyl (C=O) groups excluding carboxylic acids is 1. The topological polar surface area (TPSA) is 41.1 Å². The van der Waals surface area contributed by atoms with Crippen molar-refractivity contribution in [2.45, 2.75) is 52.5 Å². The summed E-state index contributed by atoms with van der Waals surface area (Å²) in [6.07, 6.45) is 5.70. The van der Waals surface area contributed by atoms with Gasteiger partial charge in [0.1, 0.15) is 0 Å². The van der Waals surface area contributed by atoms with E-state index >= 15 is 0 Å².